The zero-order valence-electron chi connectivity index (χ0n) is 12.4. The van der Waals surface area contributed by atoms with Crippen molar-refractivity contribution < 1.29 is 9.13 Å². The Morgan fingerprint density at radius 1 is 1.35 bits per heavy atom. The predicted octanol–water partition coefficient (Wildman–Crippen LogP) is 0.713. The zero-order valence-corrected chi connectivity index (χ0v) is 12.4. The van der Waals surface area contributed by atoms with Crippen molar-refractivity contribution in [1.29, 1.82) is 0 Å². The highest BCUT2D eigenvalue weighted by Crippen LogP contribution is 2.24. The molecule has 1 N–H and O–H groups in total. The Bertz CT molecular complexity index is 794. The minimum Gasteiger partial charge on any atom is -0.377 e. The maximum atomic E-state index is 13.7. The summed E-state index contributed by atoms with van der Waals surface area (Å²) in [6, 6.07) is 1.10. The van der Waals surface area contributed by atoms with Crippen LogP contribution in [-0.4, -0.2) is 39.0 Å². The van der Waals surface area contributed by atoms with Crippen molar-refractivity contribution in [3.05, 3.63) is 46.0 Å². The number of fused-ring (bicyclic) bond motifs is 1. The number of rotatable bonds is 3. The van der Waals surface area contributed by atoms with Gasteiger partial charge in [-0.05, 0) is 24.8 Å². The summed E-state index contributed by atoms with van der Waals surface area (Å²) in [6.45, 7) is 0.718. The highest BCUT2D eigenvalue weighted by Gasteiger charge is 2.33. The molecule has 0 radical (unpaired) electrons. The molecule has 0 spiro atoms. The second-order valence-corrected chi connectivity index (χ2v) is 5.83. The van der Waals surface area contributed by atoms with Crippen molar-refractivity contribution in [2.75, 3.05) is 18.5 Å². The van der Waals surface area contributed by atoms with Crippen molar-refractivity contribution >= 4 is 5.82 Å². The van der Waals surface area contributed by atoms with Crippen LogP contribution in [-0.2, 0) is 17.6 Å². The number of nitrogens with zero attached hydrogens (tertiary/aromatic N) is 4. The molecule has 7 nitrogen and oxygen atoms in total. The maximum absolute atomic E-state index is 13.7. The van der Waals surface area contributed by atoms with Crippen LogP contribution in [0.5, 0.6) is 0 Å². The summed E-state index contributed by atoms with van der Waals surface area (Å²) in [5, 5.41) is 7.51. The van der Waals surface area contributed by atoms with E-state index in [9.17, 15) is 9.18 Å². The van der Waals surface area contributed by atoms with Gasteiger partial charge in [0, 0.05) is 6.07 Å². The van der Waals surface area contributed by atoms with Crippen molar-refractivity contribution in [2.45, 2.75) is 31.3 Å². The van der Waals surface area contributed by atoms with Gasteiger partial charge >= 0.3 is 0 Å². The van der Waals surface area contributed by atoms with Crippen LogP contribution >= 0.6 is 0 Å². The first kappa shape index (κ1) is 14.3. The molecule has 1 fully saturated rings. The molecule has 8 heteroatoms. The van der Waals surface area contributed by atoms with Crippen molar-refractivity contribution in [3.63, 3.8) is 0 Å². The molecule has 1 aliphatic carbocycles. The number of halogens is 1. The Balaban J connectivity index is 1.63. The molecule has 1 saturated heterocycles. The van der Waals surface area contributed by atoms with E-state index >= 15 is 0 Å². The van der Waals surface area contributed by atoms with Crippen LogP contribution in [0, 0.1) is 5.82 Å². The van der Waals surface area contributed by atoms with Gasteiger partial charge in [0.1, 0.15) is 12.4 Å². The smallest absolute Gasteiger partial charge is 0.267 e. The molecule has 2 aliphatic rings. The third kappa shape index (κ3) is 2.59. The molecular weight excluding hydrogens is 301 g/mol. The molecule has 0 saturated carbocycles. The lowest BCUT2D eigenvalue weighted by Gasteiger charge is -2.21. The fourth-order valence-corrected chi connectivity index (χ4v) is 3.17. The van der Waals surface area contributed by atoms with Crippen LogP contribution in [0.1, 0.15) is 23.7 Å². The number of aromatic nitrogens is 4. The molecule has 4 rings (SSSR count). The molecule has 120 valence electrons. The van der Waals surface area contributed by atoms with Crippen LogP contribution in [0.4, 0.5) is 10.2 Å². The Kier molecular flexibility index (Phi) is 3.53. The Morgan fingerprint density at radius 2 is 2.26 bits per heavy atom. The van der Waals surface area contributed by atoms with Gasteiger partial charge in [0.05, 0.1) is 31.1 Å². The van der Waals surface area contributed by atoms with E-state index in [0.717, 1.165) is 36.7 Å². The number of aryl methyl sites for hydroxylation is 2. The van der Waals surface area contributed by atoms with Crippen LogP contribution in [0.25, 0.3) is 0 Å². The summed E-state index contributed by atoms with van der Waals surface area (Å²) in [5.74, 6) is -0.429. The van der Waals surface area contributed by atoms with Crippen LogP contribution < -0.4 is 10.9 Å². The van der Waals surface area contributed by atoms with Gasteiger partial charge < -0.3 is 10.1 Å². The van der Waals surface area contributed by atoms with E-state index in [1.54, 1.807) is 6.07 Å². The average Bonchev–Trinajstić information content (AvgIpc) is 3.17. The molecule has 2 atom stereocenters. The predicted molar refractivity (Wildman–Crippen MR) is 79.8 cm³/mol. The van der Waals surface area contributed by atoms with Crippen LogP contribution in [0.3, 0.4) is 0 Å². The fourth-order valence-electron chi connectivity index (χ4n) is 3.17. The lowest BCUT2D eigenvalue weighted by molar-refractivity contribution is 0.182. The van der Waals surface area contributed by atoms with Crippen LogP contribution in [0.15, 0.2) is 23.4 Å². The SMILES string of the molecule is O=c1cc2c(nn1C1COCC1Nc1ncncc1F)CCC2. The van der Waals surface area contributed by atoms with Gasteiger partial charge in [-0.15, -0.1) is 0 Å². The van der Waals surface area contributed by atoms with Crippen molar-refractivity contribution in [2.24, 2.45) is 0 Å². The molecule has 0 bridgehead atoms. The first-order valence-corrected chi connectivity index (χ1v) is 7.64. The Morgan fingerprint density at radius 3 is 3.13 bits per heavy atom. The largest absolute Gasteiger partial charge is 0.377 e. The summed E-state index contributed by atoms with van der Waals surface area (Å²) in [5.41, 5.74) is 1.87. The van der Waals surface area contributed by atoms with Crippen molar-refractivity contribution in [3.8, 4) is 0 Å². The molecular formula is C15H16FN5O2. The number of hydrogen-bond acceptors (Lipinski definition) is 6. The number of hydrogen-bond donors (Lipinski definition) is 1. The summed E-state index contributed by atoms with van der Waals surface area (Å²) < 4.78 is 20.7. The van der Waals surface area contributed by atoms with E-state index in [2.05, 4.69) is 20.4 Å². The van der Waals surface area contributed by atoms with Gasteiger partial charge in [0.15, 0.2) is 11.6 Å². The molecule has 2 unspecified atom stereocenters. The number of ether oxygens (including phenoxy) is 1. The molecule has 0 aromatic carbocycles. The monoisotopic (exact) mass is 317 g/mol. The van der Waals surface area contributed by atoms with E-state index < -0.39 is 5.82 Å². The molecule has 23 heavy (non-hydrogen) atoms. The highest BCUT2D eigenvalue weighted by molar-refractivity contribution is 5.36. The highest BCUT2D eigenvalue weighted by atomic mass is 19.1. The van der Waals surface area contributed by atoms with Gasteiger partial charge in [-0.3, -0.25) is 4.79 Å². The topological polar surface area (TPSA) is 81.9 Å². The fraction of sp³-hybridized carbons (Fsp3) is 0.467. The first-order valence-electron chi connectivity index (χ1n) is 7.64. The minimum absolute atomic E-state index is 0.106. The van der Waals surface area contributed by atoms with E-state index in [1.807, 2.05) is 0 Å². The molecule has 2 aromatic heterocycles. The van der Waals surface area contributed by atoms with Gasteiger partial charge in [-0.1, -0.05) is 0 Å². The maximum Gasteiger partial charge on any atom is 0.267 e. The molecule has 3 heterocycles. The average molecular weight is 317 g/mol. The second kappa shape index (κ2) is 5.69. The van der Waals surface area contributed by atoms with Crippen molar-refractivity contribution in [1.82, 2.24) is 19.7 Å². The second-order valence-electron chi connectivity index (χ2n) is 5.83. The van der Waals surface area contributed by atoms with Crippen LogP contribution in [0.2, 0.25) is 0 Å². The van der Waals surface area contributed by atoms with E-state index in [1.165, 1.54) is 11.0 Å². The third-order valence-electron chi connectivity index (χ3n) is 4.34. The lowest BCUT2D eigenvalue weighted by atomic mass is 10.1. The Hall–Kier alpha value is -2.35. The standard InChI is InChI=1S/C15H16FN5O2/c16-10-5-17-8-18-15(10)19-12-6-23-7-13(12)21-14(22)4-9-2-1-3-11(9)20-21/h4-5,8,12-13H,1-3,6-7H2,(H,17,18,19). The summed E-state index contributed by atoms with van der Waals surface area (Å²) in [4.78, 5) is 19.9. The van der Waals surface area contributed by atoms with Gasteiger partial charge in [-0.25, -0.2) is 19.0 Å². The third-order valence-corrected chi connectivity index (χ3v) is 4.34. The van der Waals surface area contributed by atoms with E-state index in [0.29, 0.717) is 13.2 Å². The zero-order chi connectivity index (χ0) is 15.8. The van der Waals surface area contributed by atoms with Gasteiger partial charge in [0.25, 0.3) is 5.56 Å². The normalized spacial score (nSPS) is 23.0. The summed E-state index contributed by atoms with van der Waals surface area (Å²) in [6.07, 6.45) is 5.20. The van der Waals surface area contributed by atoms with E-state index in [-0.39, 0.29) is 23.5 Å². The lowest BCUT2D eigenvalue weighted by Crippen LogP contribution is -2.38. The molecule has 1 aliphatic heterocycles. The first-order chi connectivity index (χ1) is 11.2. The van der Waals surface area contributed by atoms with Gasteiger partial charge in [-0.2, -0.15) is 5.10 Å². The minimum atomic E-state index is -0.535. The molecule has 0 amide bonds. The van der Waals surface area contributed by atoms with E-state index in [4.69, 9.17) is 4.74 Å². The number of anilines is 1. The Labute approximate surface area is 131 Å². The molecule has 2 aromatic rings. The number of nitrogens with one attached hydrogen (secondary N) is 1. The summed E-state index contributed by atoms with van der Waals surface area (Å²) in [7, 11) is 0. The van der Waals surface area contributed by atoms with Gasteiger partial charge in [0.2, 0.25) is 0 Å². The summed E-state index contributed by atoms with van der Waals surface area (Å²) >= 11 is 0. The quantitative estimate of drug-likeness (QED) is 0.898.